The Morgan fingerprint density at radius 2 is 2.07 bits per heavy atom. The number of carbonyl (C=O) groups is 1. The SMILES string of the molecule is CN(C)[C@@](C)(C(=O)O)c1cccc(Cl)c1. The van der Waals surface area contributed by atoms with Crippen molar-refractivity contribution in [3.63, 3.8) is 0 Å². The van der Waals surface area contributed by atoms with Gasteiger partial charge in [0.1, 0.15) is 5.54 Å². The Morgan fingerprint density at radius 1 is 1.47 bits per heavy atom. The molecule has 0 aliphatic rings. The van der Waals surface area contributed by atoms with Gasteiger partial charge in [-0.15, -0.1) is 0 Å². The van der Waals surface area contributed by atoms with E-state index in [0.717, 1.165) is 0 Å². The fourth-order valence-corrected chi connectivity index (χ4v) is 1.55. The van der Waals surface area contributed by atoms with Gasteiger partial charge in [0.15, 0.2) is 0 Å². The van der Waals surface area contributed by atoms with E-state index in [1.54, 1.807) is 50.2 Å². The topological polar surface area (TPSA) is 40.5 Å². The van der Waals surface area contributed by atoms with Gasteiger partial charge >= 0.3 is 5.97 Å². The molecule has 1 atom stereocenters. The summed E-state index contributed by atoms with van der Waals surface area (Å²) in [5, 5.41) is 9.81. The zero-order chi connectivity index (χ0) is 11.6. The van der Waals surface area contributed by atoms with Crippen molar-refractivity contribution in [1.29, 1.82) is 0 Å². The van der Waals surface area contributed by atoms with Crippen molar-refractivity contribution in [2.45, 2.75) is 12.5 Å². The Balaban J connectivity index is 3.28. The van der Waals surface area contributed by atoms with Crippen LogP contribution in [0.25, 0.3) is 0 Å². The van der Waals surface area contributed by atoms with Gasteiger partial charge in [0.2, 0.25) is 0 Å². The first kappa shape index (κ1) is 12.0. The normalized spacial score (nSPS) is 15.0. The Hall–Kier alpha value is -1.06. The number of likely N-dealkylation sites (N-methyl/N-ethyl adjacent to an activating group) is 1. The third-order valence-corrected chi connectivity index (χ3v) is 2.93. The summed E-state index contributed by atoms with van der Waals surface area (Å²) in [5.41, 5.74) is -0.377. The molecule has 1 aromatic rings. The Kier molecular flexibility index (Phi) is 3.37. The van der Waals surface area contributed by atoms with E-state index in [4.69, 9.17) is 11.6 Å². The van der Waals surface area contributed by atoms with Crippen LogP contribution in [0.4, 0.5) is 0 Å². The molecule has 1 aromatic carbocycles. The number of aliphatic carboxylic acids is 1. The summed E-state index contributed by atoms with van der Waals surface area (Å²) in [6.07, 6.45) is 0. The highest BCUT2D eigenvalue weighted by molar-refractivity contribution is 6.30. The van der Waals surface area contributed by atoms with Crippen LogP contribution in [0.1, 0.15) is 12.5 Å². The highest BCUT2D eigenvalue weighted by Gasteiger charge is 2.37. The van der Waals surface area contributed by atoms with Crippen LogP contribution in [0.3, 0.4) is 0 Å². The molecule has 0 spiro atoms. The van der Waals surface area contributed by atoms with Crippen molar-refractivity contribution in [3.05, 3.63) is 34.9 Å². The molecule has 0 unspecified atom stereocenters. The summed E-state index contributed by atoms with van der Waals surface area (Å²) < 4.78 is 0. The van der Waals surface area contributed by atoms with Crippen molar-refractivity contribution < 1.29 is 9.90 Å². The summed E-state index contributed by atoms with van der Waals surface area (Å²) in [5.74, 6) is -0.894. The molecule has 1 N–H and O–H groups in total. The van der Waals surface area contributed by atoms with Crippen molar-refractivity contribution in [3.8, 4) is 0 Å². The number of carboxylic acid groups (broad SMARTS) is 1. The lowest BCUT2D eigenvalue weighted by Crippen LogP contribution is -2.45. The molecule has 0 saturated carbocycles. The summed E-state index contributed by atoms with van der Waals surface area (Å²) >= 11 is 5.85. The largest absolute Gasteiger partial charge is 0.480 e. The van der Waals surface area contributed by atoms with E-state index in [1.165, 1.54) is 0 Å². The molecule has 0 heterocycles. The van der Waals surface area contributed by atoms with Crippen molar-refractivity contribution in [2.75, 3.05) is 14.1 Å². The van der Waals surface area contributed by atoms with Crippen molar-refractivity contribution in [2.24, 2.45) is 0 Å². The van der Waals surface area contributed by atoms with Crippen LogP contribution in [0.15, 0.2) is 24.3 Å². The smallest absolute Gasteiger partial charge is 0.328 e. The maximum absolute atomic E-state index is 11.3. The number of hydrogen-bond acceptors (Lipinski definition) is 2. The Labute approximate surface area is 94.3 Å². The Morgan fingerprint density at radius 3 is 2.47 bits per heavy atom. The van der Waals surface area contributed by atoms with Gasteiger partial charge in [-0.2, -0.15) is 0 Å². The number of hydrogen-bond donors (Lipinski definition) is 1. The number of rotatable bonds is 3. The minimum atomic E-state index is -1.05. The molecule has 0 saturated heterocycles. The average Bonchev–Trinajstić information content (AvgIpc) is 2.15. The summed E-state index contributed by atoms with van der Waals surface area (Å²) in [7, 11) is 3.46. The van der Waals surface area contributed by atoms with Gasteiger partial charge in [-0.3, -0.25) is 4.90 Å². The highest BCUT2D eigenvalue weighted by Crippen LogP contribution is 2.28. The molecule has 0 aliphatic heterocycles. The van der Waals surface area contributed by atoms with Crippen LogP contribution in [-0.4, -0.2) is 30.1 Å². The fraction of sp³-hybridized carbons (Fsp3) is 0.364. The zero-order valence-electron chi connectivity index (χ0n) is 8.99. The lowest BCUT2D eigenvalue weighted by Gasteiger charge is -2.32. The van der Waals surface area contributed by atoms with Crippen LogP contribution in [-0.2, 0) is 10.3 Å². The molecular formula is C11H14ClNO2. The van der Waals surface area contributed by atoms with Crippen molar-refractivity contribution in [1.82, 2.24) is 4.90 Å². The van der Waals surface area contributed by atoms with Crippen LogP contribution in [0, 0.1) is 0 Å². The second-order valence-corrected chi connectivity index (χ2v) is 4.22. The van der Waals surface area contributed by atoms with E-state index in [9.17, 15) is 9.90 Å². The zero-order valence-corrected chi connectivity index (χ0v) is 9.75. The molecule has 0 aliphatic carbocycles. The van der Waals surface area contributed by atoms with Crippen LogP contribution in [0.5, 0.6) is 0 Å². The van der Waals surface area contributed by atoms with Gasteiger partial charge in [-0.25, -0.2) is 4.79 Å². The van der Waals surface area contributed by atoms with E-state index >= 15 is 0 Å². The first-order chi connectivity index (χ1) is 6.89. The van der Waals surface area contributed by atoms with Crippen LogP contribution < -0.4 is 0 Å². The van der Waals surface area contributed by atoms with Gasteiger partial charge in [0.05, 0.1) is 0 Å². The van der Waals surface area contributed by atoms with Gasteiger partial charge in [-0.05, 0) is 38.7 Å². The van der Waals surface area contributed by atoms with Gasteiger partial charge < -0.3 is 5.11 Å². The summed E-state index contributed by atoms with van der Waals surface area (Å²) in [6.45, 7) is 1.65. The van der Waals surface area contributed by atoms with Gasteiger partial charge in [0.25, 0.3) is 0 Å². The third kappa shape index (κ3) is 2.13. The third-order valence-electron chi connectivity index (χ3n) is 2.70. The van der Waals surface area contributed by atoms with Crippen LogP contribution >= 0.6 is 11.6 Å². The number of nitrogens with zero attached hydrogens (tertiary/aromatic N) is 1. The highest BCUT2D eigenvalue weighted by atomic mass is 35.5. The molecule has 0 amide bonds. The predicted octanol–water partition coefficient (Wildman–Crippen LogP) is 2.20. The molecule has 1 rings (SSSR count). The van der Waals surface area contributed by atoms with E-state index in [2.05, 4.69) is 0 Å². The van der Waals surface area contributed by atoms with E-state index < -0.39 is 11.5 Å². The second kappa shape index (κ2) is 4.21. The molecular weight excluding hydrogens is 214 g/mol. The minimum absolute atomic E-state index is 0.543. The Bertz CT molecular complexity index is 379. The molecule has 0 radical (unpaired) electrons. The maximum Gasteiger partial charge on any atom is 0.328 e. The maximum atomic E-state index is 11.3. The van der Waals surface area contributed by atoms with Crippen LogP contribution in [0.2, 0.25) is 5.02 Å². The number of halogens is 1. The lowest BCUT2D eigenvalue weighted by atomic mass is 9.91. The number of carboxylic acids is 1. The average molecular weight is 228 g/mol. The van der Waals surface area contributed by atoms with Crippen molar-refractivity contribution >= 4 is 17.6 Å². The molecule has 4 heteroatoms. The molecule has 0 bridgehead atoms. The quantitative estimate of drug-likeness (QED) is 0.861. The van der Waals surface area contributed by atoms with Gasteiger partial charge in [0, 0.05) is 5.02 Å². The van der Waals surface area contributed by atoms with Gasteiger partial charge in [-0.1, -0.05) is 23.7 Å². The fourth-order valence-electron chi connectivity index (χ4n) is 1.36. The predicted molar refractivity (Wildman–Crippen MR) is 60.1 cm³/mol. The molecule has 3 nitrogen and oxygen atoms in total. The van der Waals surface area contributed by atoms with E-state index in [-0.39, 0.29) is 0 Å². The minimum Gasteiger partial charge on any atom is -0.480 e. The van der Waals surface area contributed by atoms with E-state index in [1.807, 2.05) is 0 Å². The second-order valence-electron chi connectivity index (χ2n) is 3.78. The number of benzene rings is 1. The molecule has 15 heavy (non-hydrogen) atoms. The molecule has 0 fully saturated rings. The van der Waals surface area contributed by atoms with E-state index in [0.29, 0.717) is 10.6 Å². The first-order valence-electron chi connectivity index (χ1n) is 4.56. The first-order valence-corrected chi connectivity index (χ1v) is 4.93. The standard InChI is InChI=1S/C11H14ClNO2/c1-11(10(14)15,13(2)3)8-5-4-6-9(12)7-8/h4-7H,1-3H3,(H,14,15)/t11-/m1/s1. The molecule has 0 aromatic heterocycles. The molecule has 82 valence electrons. The monoisotopic (exact) mass is 227 g/mol. The lowest BCUT2D eigenvalue weighted by molar-refractivity contribution is -0.149. The summed E-state index contributed by atoms with van der Waals surface area (Å²) in [6, 6.07) is 6.92. The summed E-state index contributed by atoms with van der Waals surface area (Å²) in [4.78, 5) is 12.9.